The predicted molar refractivity (Wildman–Crippen MR) is 68.9 cm³/mol. The van der Waals surface area contributed by atoms with Gasteiger partial charge in [0.15, 0.2) is 0 Å². The van der Waals surface area contributed by atoms with Crippen LogP contribution in [0, 0.1) is 0 Å². The average molecular weight is 432 g/mol. The second-order valence-corrected chi connectivity index (χ2v) is 8.34. The van der Waals surface area contributed by atoms with Gasteiger partial charge in [0.25, 0.3) is 0 Å². The van der Waals surface area contributed by atoms with Crippen LogP contribution in [0.25, 0.3) is 0 Å². The van der Waals surface area contributed by atoms with E-state index in [1.807, 2.05) is 0 Å². The first-order valence-electron chi connectivity index (χ1n) is 5.57. The third-order valence-corrected chi connectivity index (χ3v) is 5.16. The number of hydrogen-bond acceptors (Lipinski definition) is 11. The molecule has 18 heteroatoms. The van der Waals surface area contributed by atoms with Crippen molar-refractivity contribution in [3.05, 3.63) is 0 Å². The molecule has 0 saturated heterocycles. The smallest absolute Gasteiger partial charge is 0.538 e. The molecular formula is C6H12O14P4. The van der Waals surface area contributed by atoms with E-state index in [9.17, 15) is 32.8 Å². The normalized spacial score (nSPS) is 18.2. The van der Waals surface area contributed by atoms with Gasteiger partial charge in [0, 0.05) is 6.42 Å². The van der Waals surface area contributed by atoms with Crippen LogP contribution >= 0.6 is 32.2 Å². The Morgan fingerprint density at radius 1 is 1.17 bits per heavy atom. The van der Waals surface area contributed by atoms with Crippen molar-refractivity contribution in [3.63, 3.8) is 0 Å². The zero-order valence-corrected chi connectivity index (χ0v) is 15.3. The molecular weight excluding hydrogens is 420 g/mol. The molecule has 0 aliphatic carbocycles. The predicted octanol–water partition coefficient (Wildman–Crippen LogP) is -0.653. The summed E-state index contributed by atoms with van der Waals surface area (Å²) < 4.78 is 58.3. The number of carbonyl (C=O) groups is 1. The van der Waals surface area contributed by atoms with Gasteiger partial charge in [-0.15, -0.1) is 9.05 Å². The van der Waals surface area contributed by atoms with Gasteiger partial charge >= 0.3 is 38.1 Å². The maximum atomic E-state index is 11.5. The van der Waals surface area contributed by atoms with Gasteiger partial charge < -0.3 is 24.1 Å². The number of rotatable bonds is 11. The van der Waals surface area contributed by atoms with Crippen molar-refractivity contribution in [2.24, 2.45) is 0 Å². The first-order chi connectivity index (χ1) is 10.6. The Bertz CT molecular complexity index is 582. The fourth-order valence-corrected chi connectivity index (χ4v) is 3.59. The van der Waals surface area contributed by atoms with Crippen LogP contribution in [0.3, 0.4) is 0 Å². The third-order valence-electron chi connectivity index (χ3n) is 2.07. The highest BCUT2D eigenvalue weighted by Gasteiger charge is 2.40. The van der Waals surface area contributed by atoms with Crippen LogP contribution in [0.15, 0.2) is 0 Å². The Morgan fingerprint density at radius 2 is 1.71 bits per heavy atom. The van der Waals surface area contributed by atoms with Crippen LogP contribution in [0.4, 0.5) is 0 Å². The summed E-state index contributed by atoms with van der Waals surface area (Å²) in [5, 5.41) is 0. The van der Waals surface area contributed by atoms with Crippen molar-refractivity contribution in [2.75, 3.05) is 6.61 Å². The van der Waals surface area contributed by atoms with Gasteiger partial charge in [0.2, 0.25) is 0 Å². The average Bonchev–Trinajstić information content (AvgIpc) is 2.20. The zero-order valence-electron chi connectivity index (χ0n) is 11.7. The molecule has 0 bridgehead atoms. The molecule has 140 valence electrons. The topological polar surface area (TPSA) is 229 Å². The molecule has 0 aromatic heterocycles. The maximum absolute atomic E-state index is 11.5. The molecule has 0 aromatic rings. The van der Waals surface area contributed by atoms with Crippen molar-refractivity contribution in [1.82, 2.24) is 0 Å². The van der Waals surface area contributed by atoms with Gasteiger partial charge in [-0.1, -0.05) is 0 Å². The molecule has 0 saturated carbocycles. The van der Waals surface area contributed by atoms with E-state index in [-0.39, 0.29) is 0 Å². The van der Waals surface area contributed by atoms with Crippen molar-refractivity contribution in [1.29, 1.82) is 0 Å². The summed E-state index contributed by atoms with van der Waals surface area (Å²) in [4.78, 5) is 58.1. The Balaban J connectivity index is 4.91. The van der Waals surface area contributed by atoms with Gasteiger partial charge in [-0.3, -0.25) is 9.69 Å². The summed E-state index contributed by atoms with van der Waals surface area (Å²) in [5.41, 5.74) is -1.92. The molecule has 0 aliphatic rings. The molecule has 24 heavy (non-hydrogen) atoms. The quantitative estimate of drug-likeness (QED) is 0.345. The molecule has 14 nitrogen and oxygen atoms in total. The minimum Gasteiger partial charge on any atom is -0.566 e. The lowest BCUT2D eigenvalue weighted by Gasteiger charge is -2.22. The maximum Gasteiger partial charge on any atom is 0.538 e. The molecule has 0 aliphatic heterocycles. The zero-order chi connectivity index (χ0) is 19.2. The highest BCUT2D eigenvalue weighted by atomic mass is 31.3. The molecule has 0 heterocycles. The Hall–Kier alpha value is -0.190. The largest absolute Gasteiger partial charge is 0.566 e. The van der Waals surface area contributed by atoms with E-state index < -0.39 is 63.2 Å². The van der Waals surface area contributed by atoms with Crippen molar-refractivity contribution >= 4 is 38.1 Å². The Morgan fingerprint density at radius 3 is 2.12 bits per heavy atom. The van der Waals surface area contributed by atoms with Crippen molar-refractivity contribution in [2.45, 2.75) is 25.4 Å². The van der Waals surface area contributed by atoms with Crippen LogP contribution in [-0.4, -0.2) is 32.9 Å². The second kappa shape index (κ2) is 9.49. The lowest BCUT2D eigenvalue weighted by molar-refractivity contribution is -0.197. The summed E-state index contributed by atoms with van der Waals surface area (Å²) in [6.45, 7) is 0.439. The number of phosphoric ester groups is 1. The van der Waals surface area contributed by atoms with Crippen LogP contribution in [0.5, 0.6) is 0 Å². The van der Waals surface area contributed by atoms with Crippen LogP contribution in [0.2, 0.25) is 0 Å². The summed E-state index contributed by atoms with van der Waals surface area (Å²) in [6.07, 6.45) is -1.48. The van der Waals surface area contributed by atoms with E-state index in [1.165, 1.54) is 0 Å². The number of carbonyl (C=O) groups excluding carboxylic acids is 1. The minimum absolute atomic E-state index is 0.468. The van der Waals surface area contributed by atoms with Crippen LogP contribution < -0.4 is 9.79 Å². The molecule has 3 N–H and O–H groups in total. The van der Waals surface area contributed by atoms with E-state index >= 15 is 0 Å². The molecule has 4 atom stereocenters. The SMILES string of the molecule is C[C@@](CCO[P+](=O)[O-])(CC(=O)OP(=O)(O)OP(=O)(O)O)O[P+](=O)[O-]. The first-order valence-corrected chi connectivity index (χ1v) is 10.8. The van der Waals surface area contributed by atoms with Gasteiger partial charge in [0.05, 0.1) is 6.42 Å². The monoisotopic (exact) mass is 432 g/mol. The van der Waals surface area contributed by atoms with Crippen molar-refractivity contribution in [3.8, 4) is 0 Å². The molecule has 3 unspecified atom stereocenters. The standard InChI is InChI=1S/C6H12O14P4/c1-6(19-22(10)11,2-3-17-21(8)9)4-5(7)18-24(15,16)20-23(12,13)14/h2-4H2,1H3,(H,15,16)(H2,12,13,14)/t6-/m1/s1. The highest BCUT2D eigenvalue weighted by molar-refractivity contribution is 7.61. The Kier molecular flexibility index (Phi) is 9.42. The summed E-state index contributed by atoms with van der Waals surface area (Å²) >= 11 is 0. The molecule has 0 rings (SSSR count). The fraction of sp³-hybridized carbons (Fsp3) is 0.833. The van der Waals surface area contributed by atoms with Gasteiger partial charge in [0.1, 0.15) is 12.2 Å². The highest BCUT2D eigenvalue weighted by Crippen LogP contribution is 2.57. The van der Waals surface area contributed by atoms with Gasteiger partial charge in [-0.2, -0.15) is 4.31 Å². The lowest BCUT2D eigenvalue weighted by Crippen LogP contribution is -2.32. The summed E-state index contributed by atoms with van der Waals surface area (Å²) in [5.74, 6) is -1.61. The van der Waals surface area contributed by atoms with Crippen LogP contribution in [0.1, 0.15) is 19.8 Å². The van der Waals surface area contributed by atoms with E-state index in [1.54, 1.807) is 0 Å². The van der Waals surface area contributed by atoms with Crippen LogP contribution in [-0.2, 0) is 40.9 Å². The lowest BCUT2D eigenvalue weighted by atomic mass is 9.99. The van der Waals surface area contributed by atoms with Gasteiger partial charge in [-0.25, -0.2) is 9.13 Å². The minimum atomic E-state index is -5.48. The molecule has 0 fully saturated rings. The van der Waals surface area contributed by atoms with E-state index in [4.69, 9.17) is 14.7 Å². The second-order valence-electron chi connectivity index (χ2n) is 4.25. The molecule has 0 spiro atoms. The van der Waals surface area contributed by atoms with Crippen molar-refractivity contribution < 1.29 is 65.4 Å². The first kappa shape index (κ1) is 23.8. The summed E-state index contributed by atoms with van der Waals surface area (Å²) in [7, 11) is -17.7. The van der Waals surface area contributed by atoms with E-state index in [2.05, 4.69) is 17.9 Å². The van der Waals surface area contributed by atoms with E-state index in [0.29, 0.717) is 0 Å². The van der Waals surface area contributed by atoms with E-state index in [0.717, 1.165) is 6.92 Å². The number of phosphoric acid groups is 2. The van der Waals surface area contributed by atoms with Gasteiger partial charge in [-0.05, 0) is 16.1 Å². The molecule has 0 amide bonds. The Labute approximate surface area is 136 Å². The number of hydrogen-bond donors (Lipinski definition) is 3. The summed E-state index contributed by atoms with van der Waals surface area (Å²) in [6, 6.07) is 0. The molecule has 0 aromatic carbocycles. The fourth-order valence-electron chi connectivity index (χ4n) is 1.30. The molecule has 0 radical (unpaired) electrons. The third kappa shape index (κ3) is 12.2.